The summed E-state index contributed by atoms with van der Waals surface area (Å²) in [5.74, 6) is 0.844. The smallest absolute Gasteiger partial charge is 0.226 e. The van der Waals surface area contributed by atoms with Crippen LogP contribution >= 0.6 is 0 Å². The molecule has 0 unspecified atom stereocenters. The van der Waals surface area contributed by atoms with Crippen molar-refractivity contribution in [3.8, 4) is 28.1 Å². The molecule has 0 atom stereocenters. The van der Waals surface area contributed by atoms with E-state index in [-0.39, 0.29) is 5.91 Å². The number of benzene rings is 2. The van der Waals surface area contributed by atoms with Crippen LogP contribution in [0.25, 0.3) is 33.4 Å². The fraction of sp³-hybridized carbons (Fsp3) is 0.174. The first-order chi connectivity index (χ1) is 14.1. The number of para-hydroxylation sites is 1. The summed E-state index contributed by atoms with van der Waals surface area (Å²) in [6.45, 7) is 0. The second-order valence-corrected chi connectivity index (χ2v) is 7.06. The third-order valence-corrected chi connectivity index (χ3v) is 4.90. The minimum absolute atomic E-state index is 0.0732. The Balaban J connectivity index is 1.76. The highest BCUT2D eigenvalue weighted by Crippen LogP contribution is 2.34. The minimum atomic E-state index is 0.0732. The van der Waals surface area contributed by atoms with Crippen molar-refractivity contribution in [3.05, 3.63) is 66.4 Å². The number of amides is 1. The van der Waals surface area contributed by atoms with Crippen LogP contribution in [0, 0.1) is 0 Å². The Labute approximate surface area is 169 Å². The van der Waals surface area contributed by atoms with Crippen LogP contribution in [0.2, 0.25) is 0 Å². The third kappa shape index (κ3) is 3.69. The van der Waals surface area contributed by atoms with Crippen LogP contribution in [0.1, 0.15) is 5.56 Å². The van der Waals surface area contributed by atoms with E-state index < -0.39 is 0 Å². The SMILES string of the molecule is COc1ccccc1-c1[nH]nc2ncc(-c3cccc(CC(=O)N(C)C)c3)cc12. The highest BCUT2D eigenvalue weighted by molar-refractivity contribution is 5.94. The summed E-state index contributed by atoms with van der Waals surface area (Å²) in [5, 5.41) is 8.35. The van der Waals surface area contributed by atoms with Gasteiger partial charge in [0, 0.05) is 36.8 Å². The number of carbonyl (C=O) groups excluding carboxylic acids is 1. The fourth-order valence-corrected chi connectivity index (χ4v) is 3.31. The maximum absolute atomic E-state index is 12.1. The zero-order valence-electron chi connectivity index (χ0n) is 16.6. The van der Waals surface area contributed by atoms with Gasteiger partial charge in [-0.15, -0.1) is 0 Å². The van der Waals surface area contributed by atoms with Crippen molar-refractivity contribution < 1.29 is 9.53 Å². The Morgan fingerprint density at radius 1 is 1.07 bits per heavy atom. The van der Waals surface area contributed by atoms with Crippen LogP contribution in [-0.2, 0) is 11.2 Å². The van der Waals surface area contributed by atoms with Crippen molar-refractivity contribution in [2.45, 2.75) is 6.42 Å². The van der Waals surface area contributed by atoms with Gasteiger partial charge in [-0.1, -0.05) is 36.4 Å². The lowest BCUT2D eigenvalue weighted by Gasteiger charge is -2.11. The number of pyridine rings is 1. The summed E-state index contributed by atoms with van der Waals surface area (Å²) in [4.78, 5) is 18.2. The van der Waals surface area contributed by atoms with Crippen LogP contribution in [0.15, 0.2) is 60.8 Å². The normalized spacial score (nSPS) is 10.9. The zero-order valence-corrected chi connectivity index (χ0v) is 16.6. The highest BCUT2D eigenvalue weighted by atomic mass is 16.5. The molecule has 1 amide bonds. The van der Waals surface area contributed by atoms with Gasteiger partial charge < -0.3 is 9.64 Å². The quantitative estimate of drug-likeness (QED) is 0.564. The van der Waals surface area contributed by atoms with Gasteiger partial charge in [0.25, 0.3) is 0 Å². The molecule has 1 N–H and O–H groups in total. The van der Waals surface area contributed by atoms with Crippen molar-refractivity contribution in [1.82, 2.24) is 20.1 Å². The van der Waals surface area contributed by atoms with Crippen LogP contribution < -0.4 is 4.74 Å². The number of aromatic amines is 1. The first-order valence-corrected chi connectivity index (χ1v) is 9.34. The molecular weight excluding hydrogens is 364 g/mol. The predicted molar refractivity (Wildman–Crippen MR) is 114 cm³/mol. The number of hydrogen-bond acceptors (Lipinski definition) is 4. The summed E-state index contributed by atoms with van der Waals surface area (Å²) in [7, 11) is 5.19. The fourth-order valence-electron chi connectivity index (χ4n) is 3.31. The minimum Gasteiger partial charge on any atom is -0.496 e. The van der Waals surface area contributed by atoms with E-state index in [0.29, 0.717) is 12.1 Å². The van der Waals surface area contributed by atoms with E-state index in [4.69, 9.17) is 4.74 Å². The number of fused-ring (bicyclic) bond motifs is 1. The standard InChI is InChI=1S/C23H22N4O2/c1-27(2)21(28)12-15-7-6-8-16(11-15)17-13-19-22(25-26-23(19)24-14-17)18-9-4-5-10-20(18)29-3/h4-11,13-14H,12H2,1-3H3,(H,24,25,26). The number of H-pyrrole nitrogens is 1. The molecule has 0 aliphatic carbocycles. The molecule has 0 radical (unpaired) electrons. The number of aromatic nitrogens is 3. The Kier molecular flexibility index (Phi) is 4.99. The van der Waals surface area contributed by atoms with E-state index in [2.05, 4.69) is 21.2 Å². The lowest BCUT2D eigenvalue weighted by molar-refractivity contribution is -0.127. The zero-order chi connectivity index (χ0) is 20.4. The molecule has 0 saturated carbocycles. The second kappa shape index (κ2) is 7.75. The predicted octanol–water partition coefficient (Wildman–Crippen LogP) is 3.93. The van der Waals surface area contributed by atoms with Gasteiger partial charge in [0.15, 0.2) is 5.65 Å². The van der Waals surface area contributed by atoms with E-state index in [1.54, 1.807) is 26.1 Å². The number of nitrogens with one attached hydrogen (secondary N) is 1. The van der Waals surface area contributed by atoms with Crippen molar-refractivity contribution >= 4 is 16.9 Å². The molecule has 2 aromatic carbocycles. The summed E-state index contributed by atoms with van der Waals surface area (Å²) < 4.78 is 5.50. The van der Waals surface area contributed by atoms with Crippen LogP contribution in [0.4, 0.5) is 0 Å². The number of hydrogen-bond donors (Lipinski definition) is 1. The van der Waals surface area contributed by atoms with Crippen molar-refractivity contribution in [2.75, 3.05) is 21.2 Å². The number of methoxy groups -OCH3 is 1. The number of likely N-dealkylation sites (N-methyl/N-ethyl adjacent to an activating group) is 1. The van der Waals surface area contributed by atoms with E-state index in [1.165, 1.54) is 0 Å². The van der Waals surface area contributed by atoms with E-state index >= 15 is 0 Å². The van der Waals surface area contributed by atoms with Crippen molar-refractivity contribution in [1.29, 1.82) is 0 Å². The summed E-state index contributed by atoms with van der Waals surface area (Å²) in [6.07, 6.45) is 2.18. The van der Waals surface area contributed by atoms with Gasteiger partial charge >= 0.3 is 0 Å². The number of rotatable bonds is 5. The monoisotopic (exact) mass is 386 g/mol. The number of ether oxygens (including phenoxy) is 1. The maximum atomic E-state index is 12.1. The lowest BCUT2D eigenvalue weighted by Crippen LogP contribution is -2.23. The average Bonchev–Trinajstić information content (AvgIpc) is 3.17. The first kappa shape index (κ1) is 18.7. The Morgan fingerprint density at radius 3 is 2.69 bits per heavy atom. The molecule has 0 spiro atoms. The molecule has 0 aliphatic rings. The van der Waals surface area contributed by atoms with Gasteiger partial charge in [-0.05, 0) is 29.3 Å². The highest BCUT2D eigenvalue weighted by Gasteiger charge is 2.14. The van der Waals surface area contributed by atoms with Gasteiger partial charge in [0.2, 0.25) is 5.91 Å². The van der Waals surface area contributed by atoms with Crippen molar-refractivity contribution in [3.63, 3.8) is 0 Å². The van der Waals surface area contributed by atoms with E-state index in [1.807, 2.05) is 54.7 Å². The molecule has 146 valence electrons. The number of carbonyl (C=O) groups is 1. The van der Waals surface area contributed by atoms with Crippen LogP contribution in [0.5, 0.6) is 5.75 Å². The van der Waals surface area contributed by atoms with Gasteiger partial charge in [-0.25, -0.2) is 4.98 Å². The van der Waals surface area contributed by atoms with E-state index in [9.17, 15) is 4.79 Å². The molecule has 0 aliphatic heterocycles. The molecular formula is C23H22N4O2. The molecule has 0 saturated heterocycles. The summed E-state index contributed by atoms with van der Waals surface area (Å²) >= 11 is 0. The van der Waals surface area contributed by atoms with Gasteiger partial charge in [0.1, 0.15) is 5.75 Å². The van der Waals surface area contributed by atoms with Gasteiger partial charge in [0.05, 0.1) is 19.2 Å². The molecule has 2 aromatic heterocycles. The van der Waals surface area contributed by atoms with Gasteiger partial charge in [-0.2, -0.15) is 5.10 Å². The molecule has 0 bridgehead atoms. The molecule has 6 nitrogen and oxygen atoms in total. The maximum Gasteiger partial charge on any atom is 0.226 e. The molecule has 29 heavy (non-hydrogen) atoms. The summed E-state index contributed by atoms with van der Waals surface area (Å²) in [5.41, 5.74) is 5.39. The van der Waals surface area contributed by atoms with Crippen LogP contribution in [0.3, 0.4) is 0 Å². The van der Waals surface area contributed by atoms with Gasteiger partial charge in [-0.3, -0.25) is 9.89 Å². The molecule has 4 rings (SSSR count). The molecule has 0 fully saturated rings. The second-order valence-electron chi connectivity index (χ2n) is 7.06. The molecule has 6 heteroatoms. The Hall–Kier alpha value is -3.67. The number of nitrogens with zero attached hydrogens (tertiary/aromatic N) is 3. The largest absolute Gasteiger partial charge is 0.496 e. The summed E-state index contributed by atoms with van der Waals surface area (Å²) in [6, 6.07) is 17.9. The Bertz CT molecular complexity index is 1180. The van der Waals surface area contributed by atoms with E-state index in [0.717, 1.165) is 39.1 Å². The lowest BCUT2D eigenvalue weighted by atomic mass is 10.0. The molecule has 2 heterocycles. The Morgan fingerprint density at radius 2 is 1.90 bits per heavy atom. The first-order valence-electron chi connectivity index (χ1n) is 9.34. The average molecular weight is 386 g/mol. The molecule has 4 aromatic rings. The topological polar surface area (TPSA) is 71.1 Å². The van der Waals surface area contributed by atoms with Crippen molar-refractivity contribution in [2.24, 2.45) is 0 Å². The van der Waals surface area contributed by atoms with Crippen LogP contribution in [-0.4, -0.2) is 47.2 Å². The third-order valence-electron chi connectivity index (χ3n) is 4.90.